The average Bonchev–Trinajstić information content (AvgIpc) is 3.19. The van der Waals surface area contributed by atoms with E-state index in [1.807, 2.05) is 24.9 Å². The minimum Gasteiger partial charge on any atom is -0.385 e. The number of ether oxygens (including phenoxy) is 1. The van der Waals surface area contributed by atoms with Crippen molar-refractivity contribution in [2.45, 2.75) is 38.5 Å². The number of amides is 1. The molecule has 2 aromatic rings. The van der Waals surface area contributed by atoms with E-state index in [1.54, 1.807) is 18.7 Å². The maximum atomic E-state index is 12.9. The van der Waals surface area contributed by atoms with E-state index < -0.39 is 0 Å². The number of carbonyl (C=O) groups excluding carboxylic acids is 1. The van der Waals surface area contributed by atoms with Crippen LogP contribution in [0.4, 0.5) is 0 Å². The first-order valence-corrected chi connectivity index (χ1v) is 8.55. The molecule has 0 aromatic carbocycles. The molecule has 1 unspecified atom stereocenters. The molecule has 1 aliphatic heterocycles. The fourth-order valence-electron chi connectivity index (χ4n) is 3.44. The van der Waals surface area contributed by atoms with Gasteiger partial charge in [0.15, 0.2) is 11.5 Å². The Balaban J connectivity index is 1.86. The Labute approximate surface area is 147 Å². The van der Waals surface area contributed by atoms with E-state index in [-0.39, 0.29) is 11.3 Å². The fourth-order valence-corrected chi connectivity index (χ4v) is 3.44. The molecule has 3 rings (SSSR count). The Bertz CT molecular complexity index is 734. The van der Waals surface area contributed by atoms with Crippen LogP contribution < -0.4 is 0 Å². The molecule has 1 aliphatic rings. The number of piperidine rings is 1. The van der Waals surface area contributed by atoms with Crippen molar-refractivity contribution in [1.82, 2.24) is 24.8 Å². The molecule has 1 amide bonds. The van der Waals surface area contributed by atoms with Gasteiger partial charge >= 0.3 is 0 Å². The van der Waals surface area contributed by atoms with Crippen LogP contribution >= 0.6 is 0 Å². The predicted molar refractivity (Wildman–Crippen MR) is 90.3 cm³/mol. The molecule has 25 heavy (non-hydrogen) atoms. The van der Waals surface area contributed by atoms with E-state index in [4.69, 9.17) is 9.26 Å². The largest absolute Gasteiger partial charge is 0.385 e. The van der Waals surface area contributed by atoms with Crippen molar-refractivity contribution in [1.29, 1.82) is 0 Å². The van der Waals surface area contributed by atoms with Gasteiger partial charge < -0.3 is 14.2 Å². The van der Waals surface area contributed by atoms with Crippen LogP contribution in [0.1, 0.15) is 47.2 Å². The lowest BCUT2D eigenvalue weighted by atomic mass is 9.76. The van der Waals surface area contributed by atoms with E-state index in [2.05, 4.69) is 15.2 Å². The van der Waals surface area contributed by atoms with Gasteiger partial charge in [0.25, 0.3) is 5.91 Å². The zero-order valence-corrected chi connectivity index (χ0v) is 15.3. The number of nitrogens with zero attached hydrogens (tertiary/aromatic N) is 5. The molecule has 3 heterocycles. The first kappa shape index (κ1) is 17.6. The summed E-state index contributed by atoms with van der Waals surface area (Å²) in [6.07, 6.45) is 2.53. The summed E-state index contributed by atoms with van der Waals surface area (Å²) in [5, 5.41) is 8.47. The van der Waals surface area contributed by atoms with E-state index >= 15 is 0 Å². The molecule has 0 bridgehead atoms. The van der Waals surface area contributed by atoms with Gasteiger partial charge in [0.05, 0.1) is 5.41 Å². The van der Waals surface area contributed by atoms with Crippen molar-refractivity contribution in [2.24, 2.45) is 7.05 Å². The highest BCUT2D eigenvalue weighted by atomic mass is 16.5. The van der Waals surface area contributed by atoms with Gasteiger partial charge in [-0.3, -0.25) is 9.48 Å². The lowest BCUT2D eigenvalue weighted by Crippen LogP contribution is -2.49. The zero-order chi connectivity index (χ0) is 18.0. The van der Waals surface area contributed by atoms with E-state index in [0.29, 0.717) is 37.1 Å². The molecule has 0 radical (unpaired) electrons. The van der Waals surface area contributed by atoms with Gasteiger partial charge in [0.2, 0.25) is 5.89 Å². The number of rotatable bonds is 5. The molecule has 1 fully saturated rings. The van der Waals surface area contributed by atoms with Crippen molar-refractivity contribution in [3.8, 4) is 0 Å². The maximum absolute atomic E-state index is 12.9. The van der Waals surface area contributed by atoms with Crippen molar-refractivity contribution in [2.75, 3.05) is 26.8 Å². The van der Waals surface area contributed by atoms with Gasteiger partial charge in [-0.15, -0.1) is 0 Å². The number of aromatic nitrogens is 4. The van der Waals surface area contributed by atoms with Crippen LogP contribution in [0.15, 0.2) is 10.6 Å². The summed E-state index contributed by atoms with van der Waals surface area (Å²) in [5.74, 6) is 1.15. The Morgan fingerprint density at radius 3 is 2.84 bits per heavy atom. The standard InChI is InChI=1S/C17H25N5O3/c1-12-10-14(19-21(12)3)15(23)22-8-5-6-17(11-22,7-9-24-4)16-18-13(2)25-20-16/h10H,5-9,11H2,1-4H3. The number of likely N-dealkylation sites (tertiary alicyclic amines) is 1. The number of carbonyl (C=O) groups is 1. The lowest BCUT2D eigenvalue weighted by molar-refractivity contribution is 0.0561. The Kier molecular flexibility index (Phi) is 4.89. The van der Waals surface area contributed by atoms with Crippen molar-refractivity contribution in [3.63, 3.8) is 0 Å². The predicted octanol–water partition coefficient (Wildman–Crippen LogP) is 1.63. The molecule has 136 valence electrons. The minimum atomic E-state index is -0.342. The highest BCUT2D eigenvalue weighted by Gasteiger charge is 2.42. The number of aryl methyl sites for hydroxylation is 3. The molecule has 8 nitrogen and oxygen atoms in total. The molecule has 1 atom stereocenters. The molecule has 8 heteroatoms. The van der Waals surface area contributed by atoms with Crippen LogP contribution in [0, 0.1) is 13.8 Å². The van der Waals surface area contributed by atoms with Gasteiger partial charge in [-0.2, -0.15) is 10.1 Å². The topological polar surface area (TPSA) is 86.3 Å². The van der Waals surface area contributed by atoms with Gasteiger partial charge in [0.1, 0.15) is 0 Å². The number of methoxy groups -OCH3 is 1. The lowest BCUT2D eigenvalue weighted by Gasteiger charge is -2.40. The molecular formula is C17H25N5O3. The smallest absolute Gasteiger partial charge is 0.274 e. The maximum Gasteiger partial charge on any atom is 0.274 e. The van der Waals surface area contributed by atoms with E-state index in [1.165, 1.54) is 0 Å². The number of hydrogen-bond donors (Lipinski definition) is 0. The summed E-state index contributed by atoms with van der Waals surface area (Å²) in [5.41, 5.74) is 1.09. The van der Waals surface area contributed by atoms with E-state index in [9.17, 15) is 4.79 Å². The highest BCUT2D eigenvalue weighted by Crippen LogP contribution is 2.36. The normalized spacial score (nSPS) is 20.9. The molecule has 0 spiro atoms. The summed E-state index contributed by atoms with van der Waals surface area (Å²) in [7, 11) is 3.52. The summed E-state index contributed by atoms with van der Waals surface area (Å²) in [6.45, 7) is 5.55. The Morgan fingerprint density at radius 1 is 1.44 bits per heavy atom. The molecule has 1 saturated heterocycles. The Morgan fingerprint density at radius 2 is 2.24 bits per heavy atom. The summed E-state index contributed by atoms with van der Waals surface area (Å²) >= 11 is 0. The number of hydrogen-bond acceptors (Lipinski definition) is 6. The van der Waals surface area contributed by atoms with Crippen LogP contribution in [0.25, 0.3) is 0 Å². The average molecular weight is 347 g/mol. The molecule has 0 saturated carbocycles. The second-order valence-corrected chi connectivity index (χ2v) is 6.78. The van der Waals surface area contributed by atoms with Crippen LogP contribution in [-0.2, 0) is 17.2 Å². The van der Waals surface area contributed by atoms with Gasteiger partial charge in [0, 0.05) is 46.5 Å². The molecular weight excluding hydrogens is 322 g/mol. The van der Waals surface area contributed by atoms with Crippen LogP contribution in [0.5, 0.6) is 0 Å². The Hall–Kier alpha value is -2.22. The van der Waals surface area contributed by atoms with Crippen molar-refractivity contribution < 1.29 is 14.1 Å². The third-order valence-electron chi connectivity index (χ3n) is 4.98. The minimum absolute atomic E-state index is 0.0505. The first-order chi connectivity index (χ1) is 11.9. The summed E-state index contributed by atoms with van der Waals surface area (Å²) < 4.78 is 12.2. The van der Waals surface area contributed by atoms with Gasteiger partial charge in [-0.05, 0) is 32.3 Å². The zero-order valence-electron chi connectivity index (χ0n) is 15.3. The van der Waals surface area contributed by atoms with Crippen molar-refractivity contribution in [3.05, 3.63) is 29.2 Å². The van der Waals surface area contributed by atoms with Crippen LogP contribution in [0.3, 0.4) is 0 Å². The quantitative estimate of drug-likeness (QED) is 0.817. The fraction of sp³-hybridized carbons (Fsp3) is 0.647. The first-order valence-electron chi connectivity index (χ1n) is 8.55. The van der Waals surface area contributed by atoms with Gasteiger partial charge in [-0.25, -0.2) is 0 Å². The second kappa shape index (κ2) is 6.95. The summed E-state index contributed by atoms with van der Waals surface area (Å²) in [6, 6.07) is 1.83. The summed E-state index contributed by atoms with van der Waals surface area (Å²) in [4.78, 5) is 19.2. The monoisotopic (exact) mass is 347 g/mol. The van der Waals surface area contributed by atoms with Gasteiger partial charge in [-0.1, -0.05) is 5.16 Å². The highest BCUT2D eigenvalue weighted by molar-refractivity contribution is 5.92. The third-order valence-corrected chi connectivity index (χ3v) is 4.98. The molecule has 2 aromatic heterocycles. The third kappa shape index (κ3) is 3.44. The van der Waals surface area contributed by atoms with Crippen LogP contribution in [0.2, 0.25) is 0 Å². The van der Waals surface area contributed by atoms with Crippen LogP contribution in [-0.4, -0.2) is 57.5 Å². The second-order valence-electron chi connectivity index (χ2n) is 6.78. The van der Waals surface area contributed by atoms with E-state index in [0.717, 1.165) is 25.0 Å². The SMILES string of the molecule is COCCC1(c2noc(C)n2)CCCN(C(=O)c2cc(C)n(C)n2)C1. The van der Waals surface area contributed by atoms with Crippen molar-refractivity contribution >= 4 is 5.91 Å². The molecule has 0 aliphatic carbocycles. The molecule has 0 N–H and O–H groups in total.